The van der Waals surface area contributed by atoms with Gasteiger partial charge in [-0.05, 0) is 37.6 Å². The molecule has 0 saturated heterocycles. The molecule has 1 unspecified atom stereocenters. The SMILES string of the molecule is Cc1c(NC(C)c2ccoc2)cccc1C(=O)O. The van der Waals surface area contributed by atoms with E-state index in [1.54, 1.807) is 31.6 Å². The third-order valence-corrected chi connectivity index (χ3v) is 2.98. The van der Waals surface area contributed by atoms with Crippen molar-refractivity contribution in [2.24, 2.45) is 0 Å². The van der Waals surface area contributed by atoms with Gasteiger partial charge in [0.05, 0.1) is 24.1 Å². The maximum absolute atomic E-state index is 11.0. The van der Waals surface area contributed by atoms with Crippen LogP contribution in [0.5, 0.6) is 0 Å². The lowest BCUT2D eigenvalue weighted by atomic mass is 10.1. The molecule has 1 aromatic carbocycles. The fourth-order valence-electron chi connectivity index (χ4n) is 1.86. The summed E-state index contributed by atoms with van der Waals surface area (Å²) < 4.78 is 5.03. The Bertz CT molecular complexity index is 546. The van der Waals surface area contributed by atoms with Crippen molar-refractivity contribution in [1.29, 1.82) is 0 Å². The van der Waals surface area contributed by atoms with Gasteiger partial charge in [-0.15, -0.1) is 0 Å². The topological polar surface area (TPSA) is 62.5 Å². The zero-order valence-corrected chi connectivity index (χ0v) is 10.3. The van der Waals surface area contributed by atoms with Crippen molar-refractivity contribution in [3.63, 3.8) is 0 Å². The number of furan rings is 1. The molecule has 2 rings (SSSR count). The van der Waals surface area contributed by atoms with E-state index < -0.39 is 5.97 Å². The summed E-state index contributed by atoms with van der Waals surface area (Å²) in [6, 6.07) is 7.16. The predicted octanol–water partition coefficient (Wildman–Crippen LogP) is 3.46. The highest BCUT2D eigenvalue weighted by molar-refractivity contribution is 5.91. The number of aromatic carboxylic acids is 1. The molecular formula is C14H15NO3. The number of carboxylic acids is 1. The van der Waals surface area contributed by atoms with Gasteiger partial charge in [0.25, 0.3) is 0 Å². The number of carbonyl (C=O) groups is 1. The van der Waals surface area contributed by atoms with Crippen LogP contribution in [0.4, 0.5) is 5.69 Å². The molecule has 0 bridgehead atoms. The van der Waals surface area contributed by atoms with Crippen molar-refractivity contribution in [2.75, 3.05) is 5.32 Å². The van der Waals surface area contributed by atoms with Crippen molar-refractivity contribution in [3.05, 3.63) is 53.5 Å². The Balaban J connectivity index is 2.24. The van der Waals surface area contributed by atoms with Crippen molar-refractivity contribution in [2.45, 2.75) is 19.9 Å². The molecule has 1 heterocycles. The zero-order valence-electron chi connectivity index (χ0n) is 10.3. The Labute approximate surface area is 105 Å². The standard InChI is InChI=1S/C14H15NO3/c1-9-12(14(16)17)4-3-5-13(9)15-10(2)11-6-7-18-8-11/h3-8,10,15H,1-2H3,(H,16,17). The first kappa shape index (κ1) is 12.2. The number of nitrogens with one attached hydrogen (secondary N) is 1. The summed E-state index contributed by atoms with van der Waals surface area (Å²) >= 11 is 0. The summed E-state index contributed by atoms with van der Waals surface area (Å²) in [5.74, 6) is -0.910. The van der Waals surface area contributed by atoms with Gasteiger partial charge >= 0.3 is 5.97 Å². The van der Waals surface area contributed by atoms with Crippen LogP contribution in [0.15, 0.2) is 41.2 Å². The van der Waals surface area contributed by atoms with Gasteiger partial charge in [0.1, 0.15) is 0 Å². The molecule has 0 radical (unpaired) electrons. The van der Waals surface area contributed by atoms with Crippen LogP contribution in [-0.4, -0.2) is 11.1 Å². The third kappa shape index (κ3) is 2.37. The van der Waals surface area contributed by atoms with Gasteiger partial charge < -0.3 is 14.8 Å². The molecule has 4 nitrogen and oxygen atoms in total. The van der Waals surface area contributed by atoms with Crippen LogP contribution in [0, 0.1) is 6.92 Å². The van der Waals surface area contributed by atoms with Gasteiger partial charge in [-0.25, -0.2) is 4.79 Å². The smallest absolute Gasteiger partial charge is 0.336 e. The van der Waals surface area contributed by atoms with E-state index in [-0.39, 0.29) is 6.04 Å². The second-order valence-corrected chi connectivity index (χ2v) is 4.21. The molecule has 0 aliphatic rings. The number of hydrogen-bond acceptors (Lipinski definition) is 3. The second kappa shape index (κ2) is 4.96. The molecule has 18 heavy (non-hydrogen) atoms. The highest BCUT2D eigenvalue weighted by Gasteiger charge is 2.12. The quantitative estimate of drug-likeness (QED) is 0.865. The molecule has 0 spiro atoms. The van der Waals surface area contributed by atoms with E-state index in [0.29, 0.717) is 5.56 Å². The number of hydrogen-bond donors (Lipinski definition) is 2. The largest absolute Gasteiger partial charge is 0.478 e. The lowest BCUT2D eigenvalue weighted by molar-refractivity contribution is 0.0696. The summed E-state index contributed by atoms with van der Waals surface area (Å²) in [5, 5.41) is 12.3. The van der Waals surface area contributed by atoms with E-state index in [9.17, 15) is 4.79 Å². The van der Waals surface area contributed by atoms with Gasteiger partial charge in [0.2, 0.25) is 0 Å². The molecule has 0 amide bonds. The van der Waals surface area contributed by atoms with Gasteiger partial charge in [0.15, 0.2) is 0 Å². The Morgan fingerprint density at radius 1 is 1.39 bits per heavy atom. The van der Waals surface area contributed by atoms with Crippen molar-refractivity contribution < 1.29 is 14.3 Å². The Morgan fingerprint density at radius 2 is 2.17 bits per heavy atom. The Morgan fingerprint density at radius 3 is 2.78 bits per heavy atom. The van der Waals surface area contributed by atoms with Crippen LogP contribution < -0.4 is 5.32 Å². The molecule has 0 aliphatic heterocycles. The van der Waals surface area contributed by atoms with E-state index in [0.717, 1.165) is 16.8 Å². The summed E-state index contributed by atoms with van der Waals surface area (Å²) in [5.41, 5.74) is 2.90. The average Bonchev–Trinajstić information content (AvgIpc) is 2.85. The minimum atomic E-state index is -0.910. The van der Waals surface area contributed by atoms with Crippen molar-refractivity contribution in [1.82, 2.24) is 0 Å². The number of anilines is 1. The fraction of sp³-hybridized carbons (Fsp3) is 0.214. The number of benzene rings is 1. The molecule has 4 heteroatoms. The van der Waals surface area contributed by atoms with Crippen LogP contribution in [0.25, 0.3) is 0 Å². The normalized spacial score (nSPS) is 12.1. The van der Waals surface area contributed by atoms with Crippen LogP contribution >= 0.6 is 0 Å². The van der Waals surface area contributed by atoms with E-state index in [4.69, 9.17) is 9.52 Å². The summed E-state index contributed by atoms with van der Waals surface area (Å²) in [4.78, 5) is 11.0. The van der Waals surface area contributed by atoms with Crippen LogP contribution in [0.2, 0.25) is 0 Å². The third-order valence-electron chi connectivity index (χ3n) is 2.98. The summed E-state index contributed by atoms with van der Waals surface area (Å²) in [6.45, 7) is 3.80. The number of rotatable bonds is 4. The molecule has 0 aliphatic carbocycles. The van der Waals surface area contributed by atoms with Gasteiger partial charge in [-0.3, -0.25) is 0 Å². The molecule has 1 atom stereocenters. The molecular weight excluding hydrogens is 230 g/mol. The van der Waals surface area contributed by atoms with Crippen LogP contribution in [-0.2, 0) is 0 Å². The zero-order chi connectivity index (χ0) is 13.1. The molecule has 0 saturated carbocycles. The summed E-state index contributed by atoms with van der Waals surface area (Å²) in [6.07, 6.45) is 3.29. The second-order valence-electron chi connectivity index (χ2n) is 4.21. The van der Waals surface area contributed by atoms with Crippen molar-refractivity contribution >= 4 is 11.7 Å². The van der Waals surface area contributed by atoms with Gasteiger partial charge in [0, 0.05) is 11.3 Å². The summed E-state index contributed by atoms with van der Waals surface area (Å²) in [7, 11) is 0. The Kier molecular flexibility index (Phi) is 3.37. The maximum Gasteiger partial charge on any atom is 0.336 e. The predicted molar refractivity (Wildman–Crippen MR) is 68.9 cm³/mol. The van der Waals surface area contributed by atoms with Crippen molar-refractivity contribution in [3.8, 4) is 0 Å². The lowest BCUT2D eigenvalue weighted by Gasteiger charge is -2.16. The molecule has 2 N–H and O–H groups in total. The van der Waals surface area contributed by atoms with Gasteiger partial charge in [-0.1, -0.05) is 6.07 Å². The fourth-order valence-corrected chi connectivity index (χ4v) is 1.86. The first-order valence-corrected chi connectivity index (χ1v) is 5.71. The average molecular weight is 245 g/mol. The van der Waals surface area contributed by atoms with Gasteiger partial charge in [-0.2, -0.15) is 0 Å². The minimum absolute atomic E-state index is 0.0616. The van der Waals surface area contributed by atoms with E-state index in [1.165, 1.54) is 0 Å². The van der Waals surface area contributed by atoms with E-state index >= 15 is 0 Å². The van der Waals surface area contributed by atoms with Crippen LogP contribution in [0.1, 0.15) is 34.5 Å². The molecule has 0 fully saturated rings. The van der Waals surface area contributed by atoms with E-state index in [1.807, 2.05) is 19.1 Å². The first-order valence-electron chi connectivity index (χ1n) is 5.71. The first-order chi connectivity index (χ1) is 8.59. The Hall–Kier alpha value is -2.23. The maximum atomic E-state index is 11.0. The van der Waals surface area contributed by atoms with Crippen LogP contribution in [0.3, 0.4) is 0 Å². The highest BCUT2D eigenvalue weighted by atomic mass is 16.4. The van der Waals surface area contributed by atoms with E-state index in [2.05, 4.69) is 5.32 Å². The number of carboxylic acid groups (broad SMARTS) is 1. The highest BCUT2D eigenvalue weighted by Crippen LogP contribution is 2.24. The molecule has 2 aromatic rings. The molecule has 1 aromatic heterocycles. The monoisotopic (exact) mass is 245 g/mol. The molecule has 94 valence electrons. The lowest BCUT2D eigenvalue weighted by Crippen LogP contribution is -2.09. The minimum Gasteiger partial charge on any atom is -0.478 e.